The molecule has 0 spiro atoms. The van der Waals surface area contributed by atoms with Crippen molar-refractivity contribution < 1.29 is 42.1 Å². The molecule has 0 bridgehead atoms. The lowest BCUT2D eigenvalue weighted by Gasteiger charge is -2.21. The van der Waals surface area contributed by atoms with Gasteiger partial charge < -0.3 is 23.8 Å². The molecule has 0 saturated heterocycles. The van der Waals surface area contributed by atoms with E-state index < -0.39 is 18.7 Å². The van der Waals surface area contributed by atoms with Gasteiger partial charge in [0.05, 0.1) is 12.3 Å². The number of hydrogen-bond donors (Lipinski definition) is 1. The maximum Gasteiger partial charge on any atom is 0.387 e. The second-order valence-corrected chi connectivity index (χ2v) is 13.9. The number of carbonyl (C=O) groups is 2. The third-order valence-electron chi connectivity index (χ3n) is 6.76. The summed E-state index contributed by atoms with van der Waals surface area (Å²) in [5.74, 6) is -0.310. The fourth-order valence-electron chi connectivity index (χ4n) is 4.26. The average Bonchev–Trinajstić information content (AvgIpc) is 3.77. The van der Waals surface area contributed by atoms with Crippen LogP contribution in [0.25, 0.3) is 0 Å². The maximum absolute atomic E-state index is 13.7. The fraction of sp³-hybridized carbons (Fsp3) is 0.324. The number of aromatic nitrogens is 1. The number of benzene rings is 2. The molecule has 15 heteroatoms. The van der Waals surface area contributed by atoms with Gasteiger partial charge in [-0.15, -0.1) is 11.3 Å². The van der Waals surface area contributed by atoms with Crippen molar-refractivity contribution in [3.8, 4) is 11.5 Å². The summed E-state index contributed by atoms with van der Waals surface area (Å²) in [6.45, 7) is -2.70. The molecule has 0 radical (unpaired) electrons. The van der Waals surface area contributed by atoms with Gasteiger partial charge in [0.1, 0.15) is 34.4 Å². The maximum atomic E-state index is 13.7. The van der Waals surface area contributed by atoms with E-state index in [0.29, 0.717) is 39.8 Å². The quantitative estimate of drug-likeness (QED) is 0.0561. The van der Waals surface area contributed by atoms with E-state index in [0.717, 1.165) is 24.0 Å². The van der Waals surface area contributed by atoms with E-state index in [-0.39, 0.29) is 28.0 Å². The molecule has 0 amide bonds. The van der Waals surface area contributed by atoms with Gasteiger partial charge in [-0.25, -0.2) is 4.79 Å². The Morgan fingerprint density at radius 3 is 2.45 bits per heavy atom. The molecule has 5 rings (SSSR count). The summed E-state index contributed by atoms with van der Waals surface area (Å²) in [7, 11) is 7.45. The number of anilines is 1. The van der Waals surface area contributed by atoms with Crippen molar-refractivity contribution in [1.29, 1.82) is 0 Å². The van der Waals surface area contributed by atoms with E-state index in [4.69, 9.17) is 42.3 Å². The van der Waals surface area contributed by atoms with Gasteiger partial charge in [0.2, 0.25) is 12.4 Å². The second kappa shape index (κ2) is 18.4. The number of esters is 1. The van der Waals surface area contributed by atoms with Gasteiger partial charge in [-0.1, -0.05) is 41.4 Å². The Labute approximate surface area is 302 Å². The number of carbonyl (C=O) groups excluding carboxylic acids is 2. The number of nitrogens with zero attached hydrogens (tertiary/aromatic N) is 2. The molecule has 1 unspecified atom stereocenters. The Kier molecular flexibility index (Phi) is 14.3. The van der Waals surface area contributed by atoms with Gasteiger partial charge in [-0.2, -0.15) is 8.78 Å². The van der Waals surface area contributed by atoms with Crippen LogP contribution >= 0.6 is 46.5 Å². The van der Waals surface area contributed by atoms with Gasteiger partial charge in [-0.05, 0) is 93.1 Å². The van der Waals surface area contributed by atoms with Crippen LogP contribution in [-0.4, -0.2) is 58.6 Å². The zero-order chi connectivity index (χ0) is 35.5. The summed E-state index contributed by atoms with van der Waals surface area (Å²) in [5.41, 5.74) is 1.97. The minimum absolute atomic E-state index is 0.0481. The average molecular weight is 756 g/mol. The summed E-state index contributed by atoms with van der Waals surface area (Å²) in [6.07, 6.45) is 4.87. The van der Waals surface area contributed by atoms with Crippen LogP contribution in [0, 0.1) is 5.92 Å². The van der Waals surface area contributed by atoms with Crippen LogP contribution in [0.4, 0.5) is 14.5 Å². The molecule has 1 saturated carbocycles. The van der Waals surface area contributed by atoms with E-state index in [1.54, 1.807) is 29.6 Å². The Morgan fingerprint density at radius 2 is 1.82 bits per heavy atom. The largest absolute Gasteiger partial charge is 0.489 e. The minimum Gasteiger partial charge on any atom is -0.489 e. The number of rotatable bonds is 15. The monoisotopic (exact) mass is 754 g/mol. The van der Waals surface area contributed by atoms with Gasteiger partial charge in [0.25, 0.3) is 0 Å². The van der Waals surface area contributed by atoms with Crippen LogP contribution in [0.3, 0.4) is 0 Å². The van der Waals surface area contributed by atoms with E-state index in [2.05, 4.69) is 4.72 Å². The van der Waals surface area contributed by atoms with Crippen LogP contribution in [0.5, 0.6) is 11.5 Å². The fourth-order valence-corrected chi connectivity index (χ4v) is 6.40. The molecule has 1 atom stereocenters. The number of alkyl halides is 2. The normalized spacial score (nSPS) is 12.9. The Bertz CT molecular complexity index is 1700. The molecular weight excluding hydrogens is 719 g/mol. The highest BCUT2D eigenvalue weighted by atomic mass is 35.5. The highest BCUT2D eigenvalue weighted by Crippen LogP contribution is 2.39. The first kappa shape index (κ1) is 38.2. The van der Waals surface area contributed by atoms with Crippen LogP contribution in [0.15, 0.2) is 71.2 Å². The third kappa shape index (κ3) is 11.7. The van der Waals surface area contributed by atoms with Crippen molar-refractivity contribution >= 4 is 64.4 Å². The second-order valence-electron chi connectivity index (χ2n) is 11.3. The minimum atomic E-state index is -3.05. The molecular formula is C34H36Cl2F2N3O6S2+. The van der Waals surface area contributed by atoms with Crippen LogP contribution < -0.4 is 23.8 Å². The molecule has 1 fully saturated rings. The van der Waals surface area contributed by atoms with Crippen molar-refractivity contribution in [2.75, 3.05) is 39.6 Å². The standard InChI is InChI=1S/C31H26Cl2F2N2O6S2.C3H9N/c1-40-37-14-23(32)22(24(33)15-37)13-27(20-7-8-26(43-31(34)35)28(12-20)41-17-18-5-6-18)42-30(39)29-25(9-10-44-29)36-45-21-4-2-3-19(11-21)16-38;1-4(2)3/h2-4,7-12,14-16,18,27,31H,5-6,13,17H2,1H3;1-3H3/p+1. The molecule has 2 aromatic heterocycles. The number of aldehydes is 1. The van der Waals surface area contributed by atoms with Crippen molar-refractivity contribution in [1.82, 2.24) is 4.90 Å². The summed E-state index contributed by atoms with van der Waals surface area (Å²) in [4.78, 5) is 33.0. The molecule has 9 nitrogen and oxygen atoms in total. The summed E-state index contributed by atoms with van der Waals surface area (Å²) in [6, 6.07) is 13.2. The van der Waals surface area contributed by atoms with E-state index in [1.807, 2.05) is 32.1 Å². The molecule has 262 valence electrons. The molecule has 0 aliphatic heterocycles. The number of ether oxygens (including phenoxy) is 3. The lowest BCUT2D eigenvalue weighted by molar-refractivity contribution is -0.885. The number of pyridine rings is 1. The zero-order valence-corrected chi connectivity index (χ0v) is 30.3. The predicted octanol–water partition coefficient (Wildman–Crippen LogP) is 8.04. The summed E-state index contributed by atoms with van der Waals surface area (Å²) in [5, 5.41) is 2.27. The number of nitrogens with one attached hydrogen (secondary N) is 1. The van der Waals surface area contributed by atoms with E-state index in [9.17, 15) is 18.4 Å². The van der Waals surface area contributed by atoms with E-state index in [1.165, 1.54) is 65.7 Å². The van der Waals surface area contributed by atoms with E-state index >= 15 is 0 Å². The molecule has 2 aromatic carbocycles. The highest BCUT2D eigenvalue weighted by molar-refractivity contribution is 8.00. The zero-order valence-electron chi connectivity index (χ0n) is 27.2. The lowest BCUT2D eigenvalue weighted by atomic mass is 10.0. The first-order valence-electron chi connectivity index (χ1n) is 15.0. The number of thiophene rings is 1. The van der Waals surface area contributed by atoms with Crippen LogP contribution in [0.2, 0.25) is 10.0 Å². The number of halogens is 4. The Hall–Kier alpha value is -3.62. The molecule has 2 heterocycles. The van der Waals surface area contributed by atoms with Gasteiger partial charge in [0, 0.05) is 27.2 Å². The third-order valence-corrected chi connectivity index (χ3v) is 9.12. The van der Waals surface area contributed by atoms with Crippen molar-refractivity contribution in [2.45, 2.75) is 36.9 Å². The lowest BCUT2D eigenvalue weighted by Crippen LogP contribution is -2.40. The van der Waals surface area contributed by atoms with Gasteiger partial charge >= 0.3 is 12.6 Å². The summed E-state index contributed by atoms with van der Waals surface area (Å²) < 4.78 is 47.5. The smallest absolute Gasteiger partial charge is 0.387 e. The van der Waals surface area contributed by atoms with Crippen LogP contribution in [-0.2, 0) is 11.2 Å². The first-order valence-corrected chi connectivity index (χ1v) is 17.4. The molecule has 1 aliphatic rings. The number of hydrogen-bond acceptors (Lipinski definition) is 10. The Balaban J connectivity index is 0.00000128. The SMILES string of the molecule is CN(C)C.CO[n+]1cc(Cl)c(CC(OC(=O)c2sccc2NSc2cccc(C=O)c2)c2ccc(OC(F)F)c(OCC3CC3)c2)c(Cl)c1. The van der Waals surface area contributed by atoms with Crippen molar-refractivity contribution in [3.05, 3.63) is 97.9 Å². The molecule has 1 N–H and O–H groups in total. The van der Waals surface area contributed by atoms with Gasteiger partial charge in [0.15, 0.2) is 11.5 Å². The van der Waals surface area contributed by atoms with Crippen molar-refractivity contribution in [2.24, 2.45) is 5.92 Å². The topological polar surface area (TPSA) is 90.2 Å². The predicted molar refractivity (Wildman–Crippen MR) is 188 cm³/mol. The Morgan fingerprint density at radius 1 is 1.10 bits per heavy atom. The molecule has 49 heavy (non-hydrogen) atoms. The van der Waals surface area contributed by atoms with Crippen LogP contribution in [0.1, 0.15) is 50.1 Å². The van der Waals surface area contributed by atoms with Gasteiger partial charge in [-0.3, -0.25) is 9.63 Å². The highest BCUT2D eigenvalue weighted by Gasteiger charge is 2.28. The van der Waals surface area contributed by atoms with Crippen molar-refractivity contribution in [3.63, 3.8) is 0 Å². The first-order chi connectivity index (χ1) is 23.5. The molecule has 4 aromatic rings. The molecule has 1 aliphatic carbocycles. The summed E-state index contributed by atoms with van der Waals surface area (Å²) >= 11 is 15.5.